The van der Waals surface area contributed by atoms with Crippen molar-refractivity contribution >= 4 is 18.2 Å². The van der Waals surface area contributed by atoms with Crippen LogP contribution in [0.4, 0.5) is 35.9 Å². The smallest absolute Gasteiger partial charge is 0.416 e. The number of methoxy groups -OCH3 is 1. The second-order valence-electron chi connectivity index (χ2n) is 11.9. The minimum Gasteiger partial charge on any atom is -0.467 e. The van der Waals surface area contributed by atoms with Crippen molar-refractivity contribution in [1.82, 2.24) is 10.6 Å². The quantitative estimate of drug-likeness (QED) is 0.0757. The predicted molar refractivity (Wildman–Crippen MR) is 179 cm³/mol. The molecule has 15 heteroatoms. The summed E-state index contributed by atoms with van der Waals surface area (Å²) < 4.78 is 104. The summed E-state index contributed by atoms with van der Waals surface area (Å²) in [6, 6.07) is 24.7. The zero-order chi connectivity index (χ0) is 38.6. The van der Waals surface area contributed by atoms with Gasteiger partial charge in [0.25, 0.3) is 0 Å². The highest BCUT2D eigenvalue weighted by atomic mass is 19.4. The second kappa shape index (κ2) is 17.8. The number of esters is 1. The molecule has 0 aliphatic rings. The molecule has 0 radical (unpaired) electrons. The molecule has 2 N–H and O–H groups in total. The van der Waals surface area contributed by atoms with E-state index in [0.717, 1.165) is 7.11 Å². The van der Waals surface area contributed by atoms with Gasteiger partial charge in [-0.2, -0.15) is 26.3 Å². The highest BCUT2D eigenvalue weighted by molar-refractivity contribution is 5.81. The number of amides is 2. The van der Waals surface area contributed by atoms with Gasteiger partial charge in [-0.3, -0.25) is 0 Å². The lowest BCUT2D eigenvalue weighted by molar-refractivity contribution is -0.144. The highest BCUT2D eigenvalue weighted by Gasteiger charge is 2.42. The van der Waals surface area contributed by atoms with Crippen molar-refractivity contribution in [1.29, 1.82) is 0 Å². The maximum absolute atomic E-state index is 13.7. The molecule has 0 aromatic heterocycles. The standard InChI is InChI=1S/C38H36F6N2O7/c1-25(28-18-30(37(39,40)41)20-31(19-28)38(42,43)44)53-24-36(29-16-10-5-11-17-29,46-35(49)52-23-27-14-8-4-9-15-27)21-32(33(47)50-2)45-34(48)51-22-26-12-6-3-7-13-26/h3-20,25,32H,21-24H2,1-2H3,(H,45,48)(H,46,49)/t25-,32-,36-/m1/s1. The Labute approximate surface area is 301 Å². The van der Waals surface area contributed by atoms with Crippen molar-refractivity contribution in [2.75, 3.05) is 13.7 Å². The minimum absolute atomic E-state index is 0.00170. The van der Waals surface area contributed by atoms with E-state index in [9.17, 15) is 40.7 Å². The highest BCUT2D eigenvalue weighted by Crippen LogP contribution is 2.39. The molecule has 2 amide bonds. The Morgan fingerprint density at radius 3 is 1.60 bits per heavy atom. The summed E-state index contributed by atoms with van der Waals surface area (Å²) >= 11 is 0. The molecule has 9 nitrogen and oxygen atoms in total. The second-order valence-corrected chi connectivity index (χ2v) is 11.9. The SMILES string of the molecule is COC(=O)[C@@H](C[C@](CO[C@H](C)c1cc(C(F)(F)F)cc(C(F)(F)F)c1)(NC(=O)OCc1ccccc1)c1ccccc1)NC(=O)OCc1ccccc1. The van der Waals surface area contributed by atoms with E-state index in [1.807, 2.05) is 0 Å². The number of benzene rings is 4. The van der Waals surface area contributed by atoms with Crippen LogP contribution in [-0.4, -0.2) is 37.9 Å². The van der Waals surface area contributed by atoms with Crippen LogP contribution in [0.2, 0.25) is 0 Å². The lowest BCUT2D eigenvalue weighted by Gasteiger charge is -2.38. The monoisotopic (exact) mass is 746 g/mol. The Kier molecular flexibility index (Phi) is 13.5. The van der Waals surface area contributed by atoms with Crippen molar-refractivity contribution in [3.63, 3.8) is 0 Å². The first-order valence-corrected chi connectivity index (χ1v) is 16.1. The average Bonchev–Trinajstić information content (AvgIpc) is 3.14. The molecule has 0 saturated heterocycles. The number of alkyl halides is 6. The third-order valence-electron chi connectivity index (χ3n) is 8.08. The van der Waals surface area contributed by atoms with Crippen LogP contribution in [0.15, 0.2) is 109 Å². The lowest BCUT2D eigenvalue weighted by atomic mass is 9.84. The van der Waals surface area contributed by atoms with Crippen LogP contribution in [0.1, 0.15) is 52.8 Å². The first-order valence-electron chi connectivity index (χ1n) is 16.1. The predicted octanol–water partition coefficient (Wildman–Crippen LogP) is 8.48. The molecule has 0 heterocycles. The molecule has 0 saturated carbocycles. The first kappa shape index (κ1) is 40.2. The Morgan fingerprint density at radius 1 is 0.660 bits per heavy atom. The molecule has 4 rings (SSSR count). The number of ether oxygens (including phenoxy) is 4. The average molecular weight is 747 g/mol. The van der Waals surface area contributed by atoms with Crippen molar-refractivity contribution in [3.8, 4) is 0 Å². The van der Waals surface area contributed by atoms with Gasteiger partial charge in [0.05, 0.1) is 36.5 Å². The van der Waals surface area contributed by atoms with Gasteiger partial charge in [0.1, 0.15) is 19.3 Å². The third-order valence-corrected chi connectivity index (χ3v) is 8.08. The van der Waals surface area contributed by atoms with Crippen LogP contribution in [-0.2, 0) is 54.8 Å². The van der Waals surface area contributed by atoms with Crippen LogP contribution in [0.25, 0.3) is 0 Å². The molecule has 282 valence electrons. The zero-order valence-corrected chi connectivity index (χ0v) is 28.5. The summed E-state index contributed by atoms with van der Waals surface area (Å²) in [5.74, 6) is -0.970. The molecule has 0 fully saturated rings. The fourth-order valence-electron chi connectivity index (χ4n) is 5.30. The van der Waals surface area contributed by atoms with Gasteiger partial charge < -0.3 is 29.6 Å². The topological polar surface area (TPSA) is 112 Å². The van der Waals surface area contributed by atoms with Crippen LogP contribution in [0.3, 0.4) is 0 Å². The number of carbonyl (C=O) groups is 3. The normalized spacial score (nSPS) is 13.9. The van der Waals surface area contributed by atoms with Crippen LogP contribution >= 0.6 is 0 Å². The van der Waals surface area contributed by atoms with Gasteiger partial charge in [-0.25, -0.2) is 14.4 Å². The first-order chi connectivity index (χ1) is 25.1. The molecule has 53 heavy (non-hydrogen) atoms. The number of alkyl carbamates (subject to hydrolysis) is 2. The van der Waals surface area contributed by atoms with Gasteiger partial charge in [0, 0.05) is 6.42 Å². The van der Waals surface area contributed by atoms with Crippen molar-refractivity contribution in [2.24, 2.45) is 0 Å². The van der Waals surface area contributed by atoms with Crippen LogP contribution in [0, 0.1) is 0 Å². The Morgan fingerprint density at radius 2 is 1.13 bits per heavy atom. The van der Waals surface area contributed by atoms with E-state index in [4.69, 9.17) is 18.9 Å². The molecule has 0 bridgehead atoms. The van der Waals surface area contributed by atoms with Gasteiger partial charge in [0.15, 0.2) is 0 Å². The maximum atomic E-state index is 13.7. The molecule has 4 aromatic rings. The molecular weight excluding hydrogens is 710 g/mol. The summed E-state index contributed by atoms with van der Waals surface area (Å²) in [4.78, 5) is 39.6. The van der Waals surface area contributed by atoms with Crippen molar-refractivity contribution in [2.45, 2.75) is 56.6 Å². The lowest BCUT2D eigenvalue weighted by Crippen LogP contribution is -2.55. The van der Waals surface area contributed by atoms with Gasteiger partial charge in [0.2, 0.25) is 0 Å². The fraction of sp³-hybridized carbons (Fsp3) is 0.289. The Balaban J connectivity index is 1.71. The summed E-state index contributed by atoms with van der Waals surface area (Å²) in [6.07, 6.45) is -14.2. The molecule has 0 unspecified atom stereocenters. The van der Waals surface area contributed by atoms with Gasteiger partial charge in [-0.15, -0.1) is 0 Å². The van der Waals surface area contributed by atoms with E-state index in [-0.39, 0.29) is 24.8 Å². The fourth-order valence-corrected chi connectivity index (χ4v) is 5.30. The number of hydrogen-bond donors (Lipinski definition) is 2. The Hall–Kier alpha value is -5.57. The third kappa shape index (κ3) is 11.7. The number of rotatable bonds is 14. The molecule has 4 aromatic carbocycles. The van der Waals surface area contributed by atoms with Crippen LogP contribution < -0.4 is 10.6 Å². The zero-order valence-electron chi connectivity index (χ0n) is 28.5. The van der Waals surface area contributed by atoms with Gasteiger partial charge in [-0.05, 0) is 47.4 Å². The van der Waals surface area contributed by atoms with Gasteiger partial charge in [-0.1, -0.05) is 91.0 Å². The molecular formula is C38H36F6N2O7. The Bertz CT molecular complexity index is 1780. The van der Waals surface area contributed by atoms with E-state index in [1.165, 1.54) is 6.92 Å². The van der Waals surface area contributed by atoms with Crippen molar-refractivity contribution < 1.29 is 59.7 Å². The van der Waals surface area contributed by atoms with E-state index in [0.29, 0.717) is 23.3 Å². The summed E-state index contributed by atoms with van der Waals surface area (Å²) in [7, 11) is 1.06. The number of carbonyl (C=O) groups excluding carboxylic acids is 3. The molecule has 3 atom stereocenters. The van der Waals surface area contributed by atoms with Crippen LogP contribution in [0.5, 0.6) is 0 Å². The molecule has 0 spiro atoms. The molecule has 0 aliphatic heterocycles. The van der Waals surface area contributed by atoms with E-state index in [2.05, 4.69) is 10.6 Å². The number of nitrogens with one attached hydrogen (secondary N) is 2. The summed E-state index contributed by atoms with van der Waals surface area (Å²) in [5.41, 5.74) is -3.84. The number of halogens is 6. The van der Waals surface area contributed by atoms with Gasteiger partial charge >= 0.3 is 30.5 Å². The molecule has 0 aliphatic carbocycles. The van der Waals surface area contributed by atoms with E-state index < -0.39 is 77.9 Å². The largest absolute Gasteiger partial charge is 0.467 e. The number of hydrogen-bond acceptors (Lipinski definition) is 7. The summed E-state index contributed by atoms with van der Waals surface area (Å²) in [6.45, 7) is 0.232. The van der Waals surface area contributed by atoms with Crippen molar-refractivity contribution in [3.05, 3.63) is 143 Å². The summed E-state index contributed by atoms with van der Waals surface area (Å²) in [5, 5.41) is 5.12. The van der Waals surface area contributed by atoms with E-state index >= 15 is 0 Å². The van der Waals surface area contributed by atoms with E-state index in [1.54, 1.807) is 91.0 Å². The minimum atomic E-state index is -5.11. The maximum Gasteiger partial charge on any atom is 0.416 e.